The number of carbonyl (C=O) groups is 2. The second-order valence-electron chi connectivity index (χ2n) is 8.11. The molecule has 0 atom stereocenters. The molecular formula is C27H25ClF3NO6. The lowest BCUT2D eigenvalue weighted by atomic mass is 10.0. The Morgan fingerprint density at radius 3 is 2.34 bits per heavy atom. The minimum atomic E-state index is -4.61. The summed E-state index contributed by atoms with van der Waals surface area (Å²) in [7, 11) is 2.87. The van der Waals surface area contributed by atoms with E-state index in [0.717, 1.165) is 12.1 Å². The van der Waals surface area contributed by atoms with Gasteiger partial charge in [-0.25, -0.2) is 4.98 Å². The number of nitrogens with zero attached hydrogens (tertiary/aromatic N) is 1. The van der Waals surface area contributed by atoms with Gasteiger partial charge in [0.1, 0.15) is 12.3 Å². The number of rotatable bonds is 12. The quantitative estimate of drug-likeness (QED) is 0.285. The van der Waals surface area contributed by atoms with Crippen molar-refractivity contribution in [1.82, 2.24) is 4.98 Å². The van der Waals surface area contributed by atoms with Crippen LogP contribution in [-0.4, -0.2) is 49.1 Å². The van der Waals surface area contributed by atoms with Crippen LogP contribution >= 0.6 is 11.6 Å². The third kappa shape index (κ3) is 7.09. The zero-order chi connectivity index (χ0) is 27.9. The van der Waals surface area contributed by atoms with Gasteiger partial charge in [0.25, 0.3) is 0 Å². The number of hydrogen-bond acceptors (Lipinski definition) is 7. The molecule has 0 spiro atoms. The van der Waals surface area contributed by atoms with Crippen LogP contribution in [0.4, 0.5) is 13.2 Å². The van der Waals surface area contributed by atoms with Crippen LogP contribution in [0.25, 0.3) is 11.3 Å². The summed E-state index contributed by atoms with van der Waals surface area (Å²) in [5.41, 5.74) is 0.473. The standard InChI is InChI=1S/C27H25ClF3NO6/c1-36-15-18-4-7-21(32-26(18)17-3-6-19(20(28)13-17)27(29,30)31)23(35)9-8-22(34)16-5-10-24(38-12-11-33)25(14-16)37-2/h3-7,10,13-14,33H,8-9,11-12,15H2,1-2H3. The Morgan fingerprint density at radius 1 is 0.974 bits per heavy atom. The Kier molecular flexibility index (Phi) is 9.84. The molecule has 11 heteroatoms. The lowest BCUT2D eigenvalue weighted by Crippen LogP contribution is -2.09. The largest absolute Gasteiger partial charge is 0.493 e. The Morgan fingerprint density at radius 2 is 1.71 bits per heavy atom. The van der Waals surface area contributed by atoms with Crippen molar-refractivity contribution in [3.63, 3.8) is 0 Å². The highest BCUT2D eigenvalue weighted by atomic mass is 35.5. The number of hydrogen-bond donors (Lipinski definition) is 1. The van der Waals surface area contributed by atoms with Crippen molar-refractivity contribution >= 4 is 23.2 Å². The number of halogens is 4. The second-order valence-corrected chi connectivity index (χ2v) is 8.52. The molecule has 0 amide bonds. The average molecular weight is 552 g/mol. The topological polar surface area (TPSA) is 95.0 Å². The van der Waals surface area contributed by atoms with Gasteiger partial charge in [0.15, 0.2) is 23.1 Å². The van der Waals surface area contributed by atoms with Crippen LogP contribution in [0.1, 0.15) is 44.8 Å². The minimum absolute atomic E-state index is 0.0500. The average Bonchev–Trinajstić information content (AvgIpc) is 2.89. The molecule has 3 rings (SSSR count). The van der Waals surface area contributed by atoms with Crippen LogP contribution in [0.15, 0.2) is 48.5 Å². The van der Waals surface area contributed by atoms with Crippen molar-refractivity contribution in [3.05, 3.63) is 75.9 Å². The fourth-order valence-electron chi connectivity index (χ4n) is 3.67. The number of ketones is 2. The zero-order valence-corrected chi connectivity index (χ0v) is 21.4. The van der Waals surface area contributed by atoms with Crippen molar-refractivity contribution in [1.29, 1.82) is 0 Å². The summed E-state index contributed by atoms with van der Waals surface area (Å²) in [6.45, 7) is -0.0111. The lowest BCUT2D eigenvalue weighted by molar-refractivity contribution is -0.137. The maximum atomic E-state index is 13.1. The van der Waals surface area contributed by atoms with Gasteiger partial charge < -0.3 is 19.3 Å². The molecule has 38 heavy (non-hydrogen) atoms. The van der Waals surface area contributed by atoms with Gasteiger partial charge >= 0.3 is 6.18 Å². The number of Topliss-reactive ketones (excluding diaryl/α,β-unsaturated/α-hetero) is 2. The van der Waals surface area contributed by atoms with Crippen LogP contribution in [0, 0.1) is 0 Å². The Balaban J connectivity index is 1.80. The number of aromatic nitrogens is 1. The first kappa shape index (κ1) is 29.1. The first-order valence-electron chi connectivity index (χ1n) is 11.4. The molecule has 7 nitrogen and oxygen atoms in total. The molecule has 0 fully saturated rings. The molecular weight excluding hydrogens is 527 g/mol. The lowest BCUT2D eigenvalue weighted by Gasteiger charge is -2.13. The monoisotopic (exact) mass is 551 g/mol. The van der Waals surface area contributed by atoms with E-state index >= 15 is 0 Å². The fourth-order valence-corrected chi connectivity index (χ4v) is 3.96. The highest BCUT2D eigenvalue weighted by Gasteiger charge is 2.33. The predicted molar refractivity (Wildman–Crippen MR) is 134 cm³/mol. The molecule has 1 heterocycles. The van der Waals surface area contributed by atoms with Crippen molar-refractivity contribution in [2.75, 3.05) is 27.4 Å². The van der Waals surface area contributed by atoms with Crippen LogP contribution in [-0.2, 0) is 17.5 Å². The molecule has 0 bridgehead atoms. The van der Waals surface area contributed by atoms with E-state index in [1.807, 2.05) is 0 Å². The number of pyridine rings is 1. The van der Waals surface area contributed by atoms with Gasteiger partial charge in [-0.15, -0.1) is 0 Å². The minimum Gasteiger partial charge on any atom is -0.493 e. The third-order valence-corrected chi connectivity index (χ3v) is 5.84. The Hall–Kier alpha value is -3.47. The Bertz CT molecular complexity index is 1310. The van der Waals surface area contributed by atoms with Gasteiger partial charge in [-0.1, -0.05) is 23.7 Å². The molecule has 2 aromatic carbocycles. The van der Waals surface area contributed by atoms with Gasteiger partial charge in [-0.2, -0.15) is 13.2 Å². The maximum Gasteiger partial charge on any atom is 0.417 e. The second kappa shape index (κ2) is 12.9. The summed E-state index contributed by atoms with van der Waals surface area (Å²) in [4.78, 5) is 30.0. The van der Waals surface area contributed by atoms with E-state index in [4.69, 9.17) is 30.9 Å². The van der Waals surface area contributed by atoms with Crippen molar-refractivity contribution in [2.45, 2.75) is 25.6 Å². The highest BCUT2D eigenvalue weighted by Crippen LogP contribution is 2.37. The third-order valence-electron chi connectivity index (χ3n) is 5.53. The fraction of sp³-hybridized carbons (Fsp3) is 0.296. The normalized spacial score (nSPS) is 11.3. The number of benzene rings is 2. The van der Waals surface area contributed by atoms with E-state index in [-0.39, 0.29) is 55.4 Å². The van der Waals surface area contributed by atoms with E-state index in [2.05, 4.69) is 4.98 Å². The summed E-state index contributed by atoms with van der Waals surface area (Å²) < 4.78 is 55.1. The number of aliphatic hydroxyl groups excluding tert-OH is 1. The van der Waals surface area contributed by atoms with Crippen LogP contribution < -0.4 is 9.47 Å². The first-order chi connectivity index (χ1) is 18.1. The van der Waals surface area contributed by atoms with Gasteiger partial charge in [0, 0.05) is 36.6 Å². The molecule has 0 saturated heterocycles. The molecule has 1 N–H and O–H groups in total. The smallest absolute Gasteiger partial charge is 0.417 e. The highest BCUT2D eigenvalue weighted by molar-refractivity contribution is 6.31. The van der Waals surface area contributed by atoms with E-state index in [1.54, 1.807) is 12.1 Å². The summed E-state index contributed by atoms with van der Waals surface area (Å²) >= 11 is 5.88. The first-order valence-corrected chi connectivity index (χ1v) is 11.8. The van der Waals surface area contributed by atoms with E-state index in [1.165, 1.54) is 38.5 Å². The van der Waals surface area contributed by atoms with Crippen molar-refractivity contribution in [3.8, 4) is 22.8 Å². The molecule has 0 aliphatic heterocycles. The molecule has 0 radical (unpaired) electrons. The molecule has 202 valence electrons. The number of aliphatic hydroxyl groups is 1. The number of alkyl halides is 3. The van der Waals surface area contributed by atoms with E-state index < -0.39 is 22.5 Å². The summed E-state index contributed by atoms with van der Waals surface area (Å²) in [5.74, 6) is -0.0520. The summed E-state index contributed by atoms with van der Waals surface area (Å²) in [6.07, 6.45) is -4.87. The molecule has 1 aromatic heterocycles. The molecule has 0 aliphatic carbocycles. The number of methoxy groups -OCH3 is 2. The van der Waals surface area contributed by atoms with Gasteiger partial charge in [0.05, 0.1) is 36.6 Å². The SMILES string of the molecule is COCc1ccc(C(=O)CCC(=O)c2ccc(OCCO)c(OC)c2)nc1-c1ccc(C(F)(F)F)c(Cl)c1. The zero-order valence-electron chi connectivity index (χ0n) is 20.6. The van der Waals surface area contributed by atoms with E-state index in [9.17, 15) is 22.8 Å². The van der Waals surface area contributed by atoms with Crippen molar-refractivity contribution < 1.29 is 42.1 Å². The van der Waals surface area contributed by atoms with Gasteiger partial charge in [0.2, 0.25) is 0 Å². The van der Waals surface area contributed by atoms with E-state index in [0.29, 0.717) is 22.6 Å². The number of ether oxygens (including phenoxy) is 3. The molecule has 3 aromatic rings. The molecule has 0 unspecified atom stereocenters. The molecule has 0 saturated carbocycles. The van der Waals surface area contributed by atoms with Crippen LogP contribution in [0.5, 0.6) is 11.5 Å². The summed E-state index contributed by atoms with van der Waals surface area (Å²) in [6, 6.07) is 10.9. The molecule has 0 aliphatic rings. The van der Waals surface area contributed by atoms with Crippen LogP contribution in [0.2, 0.25) is 5.02 Å². The van der Waals surface area contributed by atoms with Gasteiger partial charge in [-0.3, -0.25) is 9.59 Å². The van der Waals surface area contributed by atoms with Gasteiger partial charge in [-0.05, 0) is 36.4 Å². The number of carbonyl (C=O) groups excluding carboxylic acids is 2. The predicted octanol–water partition coefficient (Wildman–Crippen LogP) is 5.79. The van der Waals surface area contributed by atoms with Crippen molar-refractivity contribution in [2.24, 2.45) is 0 Å². The maximum absolute atomic E-state index is 13.1. The Labute approximate surface area is 222 Å². The summed E-state index contributed by atoms with van der Waals surface area (Å²) in [5, 5.41) is 8.42. The van der Waals surface area contributed by atoms with Crippen LogP contribution in [0.3, 0.4) is 0 Å².